The molecule has 3 atom stereocenters. The lowest BCUT2D eigenvalue weighted by Crippen LogP contribution is -2.52. The van der Waals surface area contributed by atoms with Crippen LogP contribution < -0.4 is 5.32 Å². The van der Waals surface area contributed by atoms with Gasteiger partial charge in [-0.3, -0.25) is 9.69 Å². The summed E-state index contributed by atoms with van der Waals surface area (Å²) in [7, 11) is 1.33. The van der Waals surface area contributed by atoms with Crippen LogP contribution in [-0.4, -0.2) is 60.8 Å². The number of esters is 1. The third-order valence-electron chi connectivity index (χ3n) is 4.29. The summed E-state index contributed by atoms with van der Waals surface area (Å²) in [6.45, 7) is 4.98. The number of hydrogen-bond acceptors (Lipinski definition) is 5. The monoisotopic (exact) mass is 300 g/mol. The second-order valence-corrected chi connectivity index (χ2v) is 5.76. The van der Waals surface area contributed by atoms with Crippen LogP contribution >= 0.6 is 0 Å². The van der Waals surface area contributed by atoms with Gasteiger partial charge in [0.1, 0.15) is 6.04 Å². The first kappa shape index (κ1) is 17.9. The molecule has 1 aliphatic rings. The summed E-state index contributed by atoms with van der Waals surface area (Å²) in [6.07, 6.45) is 3.81. The van der Waals surface area contributed by atoms with Crippen molar-refractivity contribution in [3.05, 3.63) is 0 Å². The van der Waals surface area contributed by atoms with E-state index in [1.807, 2.05) is 18.7 Å². The van der Waals surface area contributed by atoms with Crippen LogP contribution in [0, 0.1) is 5.92 Å². The molecule has 0 aromatic carbocycles. The van der Waals surface area contributed by atoms with Gasteiger partial charge >= 0.3 is 5.97 Å². The Hall–Kier alpha value is -1.14. The molecule has 6 heteroatoms. The number of piperidine rings is 1. The molecule has 6 nitrogen and oxygen atoms in total. The van der Waals surface area contributed by atoms with E-state index in [-0.39, 0.29) is 31.0 Å². The highest BCUT2D eigenvalue weighted by atomic mass is 16.5. The van der Waals surface area contributed by atoms with E-state index < -0.39 is 12.0 Å². The fourth-order valence-electron chi connectivity index (χ4n) is 2.67. The molecule has 1 amide bonds. The Morgan fingerprint density at radius 2 is 2.14 bits per heavy atom. The summed E-state index contributed by atoms with van der Waals surface area (Å²) in [5.74, 6) is -0.572. The quantitative estimate of drug-likeness (QED) is 0.671. The summed E-state index contributed by atoms with van der Waals surface area (Å²) in [6, 6.07) is -0.561. The van der Waals surface area contributed by atoms with E-state index in [1.165, 1.54) is 7.11 Å². The van der Waals surface area contributed by atoms with Crippen molar-refractivity contribution < 1.29 is 19.4 Å². The van der Waals surface area contributed by atoms with Crippen LogP contribution in [0.15, 0.2) is 0 Å². The molecule has 1 fully saturated rings. The van der Waals surface area contributed by atoms with Gasteiger partial charge < -0.3 is 15.2 Å². The molecule has 1 rings (SSSR count). The lowest BCUT2D eigenvalue weighted by atomic mass is 9.99. The molecule has 21 heavy (non-hydrogen) atoms. The van der Waals surface area contributed by atoms with Crippen LogP contribution in [0.5, 0.6) is 0 Å². The van der Waals surface area contributed by atoms with E-state index in [0.29, 0.717) is 0 Å². The van der Waals surface area contributed by atoms with Gasteiger partial charge in [-0.1, -0.05) is 26.7 Å². The number of likely N-dealkylation sites (tertiary alicyclic amines) is 1. The van der Waals surface area contributed by atoms with Crippen LogP contribution in [-0.2, 0) is 14.3 Å². The smallest absolute Gasteiger partial charge is 0.328 e. The van der Waals surface area contributed by atoms with Crippen molar-refractivity contribution in [2.24, 2.45) is 5.92 Å². The largest absolute Gasteiger partial charge is 0.467 e. The first-order valence-corrected chi connectivity index (χ1v) is 7.75. The summed E-state index contributed by atoms with van der Waals surface area (Å²) in [5, 5.41) is 12.1. The molecule has 1 saturated heterocycles. The average Bonchev–Trinajstić information content (AvgIpc) is 2.51. The van der Waals surface area contributed by atoms with Crippen LogP contribution in [0.1, 0.15) is 39.5 Å². The number of amides is 1. The van der Waals surface area contributed by atoms with Crippen LogP contribution in [0.3, 0.4) is 0 Å². The standard InChI is InChI=1S/C15H28N2O4/c1-4-11(2)14(15(20)21-3)16-13(19)9-17-8-6-5-7-12(17)10-18/h11-12,14,18H,4-10H2,1-3H3,(H,16,19). The second kappa shape index (κ2) is 9.00. The zero-order valence-corrected chi connectivity index (χ0v) is 13.3. The topological polar surface area (TPSA) is 78.9 Å². The molecule has 0 spiro atoms. The Labute approximate surface area is 126 Å². The van der Waals surface area contributed by atoms with E-state index in [1.54, 1.807) is 0 Å². The first-order valence-electron chi connectivity index (χ1n) is 7.75. The van der Waals surface area contributed by atoms with Crippen molar-refractivity contribution >= 4 is 11.9 Å². The van der Waals surface area contributed by atoms with E-state index in [2.05, 4.69) is 5.32 Å². The van der Waals surface area contributed by atoms with Crippen molar-refractivity contribution in [2.45, 2.75) is 51.6 Å². The van der Waals surface area contributed by atoms with Gasteiger partial charge in [-0.25, -0.2) is 4.79 Å². The lowest BCUT2D eigenvalue weighted by molar-refractivity contribution is -0.146. The lowest BCUT2D eigenvalue weighted by Gasteiger charge is -2.34. The predicted octanol–water partition coefficient (Wildman–Crippen LogP) is 0.537. The number of methoxy groups -OCH3 is 1. The Morgan fingerprint density at radius 1 is 1.43 bits per heavy atom. The normalized spacial score (nSPS) is 22.4. The molecule has 0 aromatic rings. The van der Waals surface area contributed by atoms with Gasteiger partial charge in [0, 0.05) is 6.04 Å². The molecule has 1 aliphatic heterocycles. The van der Waals surface area contributed by atoms with Gasteiger partial charge in [0.15, 0.2) is 0 Å². The zero-order valence-electron chi connectivity index (χ0n) is 13.3. The Morgan fingerprint density at radius 3 is 2.71 bits per heavy atom. The molecule has 0 saturated carbocycles. The average molecular weight is 300 g/mol. The maximum atomic E-state index is 12.2. The predicted molar refractivity (Wildman–Crippen MR) is 79.7 cm³/mol. The van der Waals surface area contributed by atoms with Gasteiger partial charge in [0.05, 0.1) is 20.3 Å². The van der Waals surface area contributed by atoms with E-state index in [0.717, 1.165) is 32.2 Å². The molecule has 0 aromatic heterocycles. The third kappa shape index (κ3) is 5.28. The minimum Gasteiger partial charge on any atom is -0.467 e. The number of aliphatic hydroxyl groups is 1. The van der Waals surface area contributed by atoms with Crippen LogP contribution in [0.2, 0.25) is 0 Å². The molecule has 0 bridgehead atoms. The van der Waals surface area contributed by atoms with Gasteiger partial charge in [-0.2, -0.15) is 0 Å². The van der Waals surface area contributed by atoms with Gasteiger partial charge in [0.25, 0.3) is 0 Å². The highest BCUT2D eigenvalue weighted by molar-refractivity contribution is 5.85. The second-order valence-electron chi connectivity index (χ2n) is 5.76. The number of hydrogen-bond donors (Lipinski definition) is 2. The third-order valence-corrected chi connectivity index (χ3v) is 4.29. The van der Waals surface area contributed by atoms with E-state index in [4.69, 9.17) is 4.74 Å². The first-order chi connectivity index (χ1) is 10.0. The van der Waals surface area contributed by atoms with Gasteiger partial charge in [-0.05, 0) is 25.3 Å². The number of ether oxygens (including phenoxy) is 1. The van der Waals surface area contributed by atoms with Crippen LogP contribution in [0.4, 0.5) is 0 Å². The molecule has 2 N–H and O–H groups in total. The van der Waals surface area contributed by atoms with Crippen molar-refractivity contribution in [1.82, 2.24) is 10.2 Å². The highest BCUT2D eigenvalue weighted by Gasteiger charge is 2.29. The Bertz CT molecular complexity index is 349. The summed E-state index contributed by atoms with van der Waals surface area (Å²) >= 11 is 0. The maximum Gasteiger partial charge on any atom is 0.328 e. The fraction of sp³-hybridized carbons (Fsp3) is 0.867. The minimum absolute atomic E-state index is 0.0244. The molecule has 1 heterocycles. The summed E-state index contributed by atoms with van der Waals surface area (Å²) < 4.78 is 4.76. The minimum atomic E-state index is -0.607. The molecular formula is C15H28N2O4. The molecule has 122 valence electrons. The number of rotatable bonds is 7. The molecule has 0 aliphatic carbocycles. The molecular weight excluding hydrogens is 272 g/mol. The SMILES string of the molecule is CCC(C)C(NC(=O)CN1CCCCC1CO)C(=O)OC. The van der Waals surface area contributed by atoms with Crippen molar-refractivity contribution in [1.29, 1.82) is 0 Å². The van der Waals surface area contributed by atoms with E-state index in [9.17, 15) is 14.7 Å². The zero-order chi connectivity index (χ0) is 15.8. The number of carbonyl (C=O) groups excluding carboxylic acids is 2. The van der Waals surface area contributed by atoms with Crippen molar-refractivity contribution in [3.63, 3.8) is 0 Å². The van der Waals surface area contributed by atoms with Crippen molar-refractivity contribution in [2.75, 3.05) is 26.8 Å². The highest BCUT2D eigenvalue weighted by Crippen LogP contribution is 2.16. The number of aliphatic hydroxyl groups excluding tert-OH is 1. The summed E-state index contributed by atoms with van der Waals surface area (Å²) in [4.78, 5) is 25.9. The van der Waals surface area contributed by atoms with Crippen molar-refractivity contribution in [3.8, 4) is 0 Å². The maximum absolute atomic E-state index is 12.2. The molecule has 0 radical (unpaired) electrons. The van der Waals surface area contributed by atoms with E-state index >= 15 is 0 Å². The van der Waals surface area contributed by atoms with Gasteiger partial charge in [0.2, 0.25) is 5.91 Å². The Balaban J connectivity index is 2.58. The molecule has 3 unspecified atom stereocenters. The van der Waals surface area contributed by atoms with Gasteiger partial charge in [-0.15, -0.1) is 0 Å². The number of carbonyl (C=O) groups is 2. The Kier molecular flexibility index (Phi) is 7.67. The number of nitrogens with one attached hydrogen (secondary N) is 1. The fourth-order valence-corrected chi connectivity index (χ4v) is 2.67. The summed E-state index contributed by atoms with van der Waals surface area (Å²) in [5.41, 5.74) is 0. The number of nitrogens with zero attached hydrogens (tertiary/aromatic N) is 1. The van der Waals surface area contributed by atoms with Crippen LogP contribution in [0.25, 0.3) is 0 Å².